The van der Waals surface area contributed by atoms with Crippen LogP contribution < -0.4 is 10.3 Å². The standard InChI is InChI=1S/C19H16N4O3/c1-11-3-5-15-14(7-11)17-18(22-15)19(25)23(10-20-17)21-9-12-8-13(26-2)4-6-16(12)24/h3-10,22,24H,1-2H3/b21-9-. The quantitative estimate of drug-likeness (QED) is 0.557. The lowest BCUT2D eigenvalue weighted by atomic mass is 10.2. The van der Waals surface area contributed by atoms with E-state index in [0.29, 0.717) is 22.3 Å². The number of benzene rings is 2. The van der Waals surface area contributed by atoms with Gasteiger partial charge in [0, 0.05) is 16.5 Å². The Bertz CT molecular complexity index is 1220. The molecule has 4 aromatic rings. The molecular weight excluding hydrogens is 332 g/mol. The number of methoxy groups -OCH3 is 1. The van der Waals surface area contributed by atoms with Crippen molar-refractivity contribution < 1.29 is 9.84 Å². The van der Waals surface area contributed by atoms with Crippen molar-refractivity contribution >= 4 is 28.2 Å². The minimum Gasteiger partial charge on any atom is -0.507 e. The Balaban J connectivity index is 1.82. The van der Waals surface area contributed by atoms with Gasteiger partial charge < -0.3 is 14.8 Å². The Kier molecular flexibility index (Phi) is 3.69. The third-order valence-electron chi connectivity index (χ3n) is 4.20. The average molecular weight is 348 g/mol. The molecule has 26 heavy (non-hydrogen) atoms. The van der Waals surface area contributed by atoms with Crippen LogP contribution in [0.5, 0.6) is 11.5 Å². The third kappa shape index (κ3) is 2.59. The van der Waals surface area contributed by atoms with E-state index in [0.717, 1.165) is 21.1 Å². The number of phenols is 1. The minimum atomic E-state index is -0.317. The molecule has 0 spiro atoms. The molecule has 7 nitrogen and oxygen atoms in total. The number of aryl methyl sites for hydroxylation is 1. The molecule has 0 radical (unpaired) electrons. The van der Waals surface area contributed by atoms with Gasteiger partial charge in [0.25, 0.3) is 5.56 Å². The number of hydrogen-bond donors (Lipinski definition) is 2. The lowest BCUT2D eigenvalue weighted by molar-refractivity contribution is 0.412. The summed E-state index contributed by atoms with van der Waals surface area (Å²) in [5, 5.41) is 14.9. The highest BCUT2D eigenvalue weighted by molar-refractivity contribution is 6.04. The zero-order valence-corrected chi connectivity index (χ0v) is 14.2. The summed E-state index contributed by atoms with van der Waals surface area (Å²) >= 11 is 0. The lowest BCUT2D eigenvalue weighted by Crippen LogP contribution is -2.17. The van der Waals surface area contributed by atoms with Gasteiger partial charge in [-0.15, -0.1) is 0 Å². The summed E-state index contributed by atoms with van der Waals surface area (Å²) in [7, 11) is 1.53. The van der Waals surface area contributed by atoms with E-state index in [1.165, 1.54) is 25.7 Å². The van der Waals surface area contributed by atoms with E-state index in [9.17, 15) is 9.90 Å². The number of aromatic nitrogens is 3. The summed E-state index contributed by atoms with van der Waals surface area (Å²) in [4.78, 5) is 20.2. The molecule has 0 aliphatic heterocycles. The van der Waals surface area contributed by atoms with Crippen molar-refractivity contribution in [1.29, 1.82) is 0 Å². The molecule has 0 atom stereocenters. The van der Waals surface area contributed by atoms with Crippen molar-refractivity contribution in [2.24, 2.45) is 5.10 Å². The predicted molar refractivity (Wildman–Crippen MR) is 100 cm³/mol. The second-order valence-corrected chi connectivity index (χ2v) is 5.96. The number of fused-ring (bicyclic) bond motifs is 3. The van der Waals surface area contributed by atoms with Gasteiger partial charge in [-0.2, -0.15) is 9.78 Å². The van der Waals surface area contributed by atoms with Crippen LogP contribution in [0.4, 0.5) is 0 Å². The van der Waals surface area contributed by atoms with Gasteiger partial charge in [-0.05, 0) is 37.3 Å². The van der Waals surface area contributed by atoms with Crippen LogP contribution in [0.1, 0.15) is 11.1 Å². The van der Waals surface area contributed by atoms with Crippen molar-refractivity contribution in [2.45, 2.75) is 6.92 Å². The van der Waals surface area contributed by atoms with Gasteiger partial charge in [0.2, 0.25) is 0 Å². The van der Waals surface area contributed by atoms with Crippen molar-refractivity contribution in [2.75, 3.05) is 7.11 Å². The number of aromatic hydroxyl groups is 1. The Morgan fingerprint density at radius 2 is 2.12 bits per heavy atom. The highest BCUT2D eigenvalue weighted by Gasteiger charge is 2.10. The fraction of sp³-hybridized carbons (Fsp3) is 0.105. The second-order valence-electron chi connectivity index (χ2n) is 5.96. The third-order valence-corrected chi connectivity index (χ3v) is 4.20. The van der Waals surface area contributed by atoms with Gasteiger partial charge in [0.1, 0.15) is 28.9 Å². The van der Waals surface area contributed by atoms with E-state index in [2.05, 4.69) is 15.1 Å². The van der Waals surface area contributed by atoms with Crippen LogP contribution in [0.3, 0.4) is 0 Å². The molecule has 2 aromatic heterocycles. The zero-order valence-electron chi connectivity index (χ0n) is 14.2. The van der Waals surface area contributed by atoms with E-state index in [4.69, 9.17) is 4.74 Å². The largest absolute Gasteiger partial charge is 0.507 e. The van der Waals surface area contributed by atoms with Gasteiger partial charge in [0.15, 0.2) is 0 Å². The van der Waals surface area contributed by atoms with Crippen LogP contribution >= 0.6 is 0 Å². The first-order chi connectivity index (χ1) is 12.6. The summed E-state index contributed by atoms with van der Waals surface area (Å²) in [5.74, 6) is 0.619. The molecule has 4 rings (SSSR count). The smallest absolute Gasteiger partial charge is 0.298 e. The maximum atomic E-state index is 12.7. The van der Waals surface area contributed by atoms with Crippen LogP contribution in [0, 0.1) is 6.92 Å². The van der Waals surface area contributed by atoms with Crippen LogP contribution in [-0.4, -0.2) is 33.1 Å². The molecule has 0 bridgehead atoms. The van der Waals surface area contributed by atoms with Gasteiger partial charge in [-0.3, -0.25) is 4.79 Å². The van der Waals surface area contributed by atoms with Crippen molar-refractivity contribution in [3.8, 4) is 11.5 Å². The molecule has 0 saturated heterocycles. The minimum absolute atomic E-state index is 0.0396. The predicted octanol–water partition coefficient (Wildman–Crippen LogP) is 2.78. The number of H-pyrrole nitrogens is 1. The molecule has 7 heteroatoms. The first kappa shape index (κ1) is 15.9. The van der Waals surface area contributed by atoms with Crippen LogP contribution in [-0.2, 0) is 0 Å². The molecule has 0 amide bonds. The summed E-state index contributed by atoms with van der Waals surface area (Å²) in [5.41, 5.74) is 3.06. The molecule has 0 aliphatic carbocycles. The van der Waals surface area contributed by atoms with Crippen molar-refractivity contribution in [3.63, 3.8) is 0 Å². The van der Waals surface area contributed by atoms with Gasteiger partial charge in [0.05, 0.1) is 13.3 Å². The number of ether oxygens (including phenoxy) is 1. The maximum absolute atomic E-state index is 12.7. The van der Waals surface area contributed by atoms with Gasteiger partial charge in [-0.25, -0.2) is 4.98 Å². The molecule has 0 saturated carbocycles. The first-order valence-electron chi connectivity index (χ1n) is 7.98. The molecule has 0 aliphatic rings. The monoisotopic (exact) mass is 348 g/mol. The number of aromatic amines is 1. The fourth-order valence-electron chi connectivity index (χ4n) is 2.83. The Morgan fingerprint density at radius 3 is 2.92 bits per heavy atom. The maximum Gasteiger partial charge on any atom is 0.298 e. The van der Waals surface area contributed by atoms with Crippen LogP contribution in [0.25, 0.3) is 21.9 Å². The molecule has 2 N–H and O–H groups in total. The number of nitrogens with one attached hydrogen (secondary N) is 1. The van der Waals surface area contributed by atoms with Gasteiger partial charge in [-0.1, -0.05) is 11.6 Å². The van der Waals surface area contributed by atoms with Crippen molar-refractivity contribution in [3.05, 3.63) is 64.2 Å². The van der Waals surface area contributed by atoms with Gasteiger partial charge >= 0.3 is 0 Å². The first-order valence-corrected chi connectivity index (χ1v) is 7.98. The molecule has 2 aromatic carbocycles. The normalized spacial score (nSPS) is 11.6. The average Bonchev–Trinajstić information content (AvgIpc) is 3.01. The highest BCUT2D eigenvalue weighted by atomic mass is 16.5. The second kappa shape index (κ2) is 6.03. The lowest BCUT2D eigenvalue weighted by Gasteiger charge is -2.03. The Morgan fingerprint density at radius 1 is 1.27 bits per heavy atom. The summed E-state index contributed by atoms with van der Waals surface area (Å²) in [6.45, 7) is 1.99. The van der Waals surface area contributed by atoms with Crippen molar-refractivity contribution in [1.82, 2.24) is 14.6 Å². The molecular formula is C19H16N4O3. The van der Waals surface area contributed by atoms with Crippen LogP contribution in [0.2, 0.25) is 0 Å². The molecule has 0 fully saturated rings. The van der Waals surface area contributed by atoms with E-state index in [1.54, 1.807) is 12.1 Å². The van der Waals surface area contributed by atoms with E-state index in [1.807, 2.05) is 25.1 Å². The molecule has 130 valence electrons. The SMILES string of the molecule is COc1ccc(O)c(/C=N\n2cnc3c([nH]c4ccc(C)cc43)c2=O)c1. The van der Waals surface area contributed by atoms with E-state index < -0.39 is 0 Å². The zero-order chi connectivity index (χ0) is 18.3. The highest BCUT2D eigenvalue weighted by Crippen LogP contribution is 2.23. The molecule has 0 unspecified atom stereocenters. The van der Waals surface area contributed by atoms with E-state index >= 15 is 0 Å². The number of nitrogens with zero attached hydrogens (tertiary/aromatic N) is 3. The van der Waals surface area contributed by atoms with Crippen LogP contribution in [0.15, 0.2) is 52.6 Å². The Hall–Kier alpha value is -3.61. The summed E-state index contributed by atoms with van der Waals surface area (Å²) in [6.07, 6.45) is 2.76. The number of phenolic OH excluding ortho intramolecular Hbond substituents is 1. The number of rotatable bonds is 3. The number of hydrogen-bond acceptors (Lipinski definition) is 5. The molecule has 2 heterocycles. The summed E-state index contributed by atoms with van der Waals surface area (Å²) in [6, 6.07) is 10.7. The topological polar surface area (TPSA) is 92.5 Å². The fourth-order valence-corrected chi connectivity index (χ4v) is 2.83. The van der Waals surface area contributed by atoms with E-state index in [-0.39, 0.29) is 11.3 Å². The summed E-state index contributed by atoms with van der Waals surface area (Å²) < 4.78 is 6.26. The Labute approximate surface area is 148 Å².